The number of carbonyl (C=O) groups excluding carboxylic acids is 2. The summed E-state index contributed by atoms with van der Waals surface area (Å²) in [5, 5.41) is 10.1. The molecule has 8 heteroatoms. The van der Waals surface area contributed by atoms with Gasteiger partial charge < -0.3 is 10.2 Å². The quantitative estimate of drug-likeness (QED) is 0.815. The van der Waals surface area contributed by atoms with E-state index in [1.165, 1.54) is 36.1 Å². The molecule has 0 fully saturated rings. The second-order valence-corrected chi connectivity index (χ2v) is 8.40. The topological polar surface area (TPSA) is 107 Å². The minimum Gasteiger partial charge on any atom is -0.318 e. The van der Waals surface area contributed by atoms with E-state index in [9.17, 15) is 18.0 Å². The van der Waals surface area contributed by atoms with Crippen molar-refractivity contribution in [3.8, 4) is 6.07 Å². The average Bonchev–Trinajstić information content (AvgIpc) is 3.11. The van der Waals surface area contributed by atoms with E-state index in [1.54, 1.807) is 12.1 Å². The van der Waals surface area contributed by atoms with Crippen molar-refractivity contribution in [2.24, 2.45) is 0 Å². The zero-order valence-electron chi connectivity index (χ0n) is 14.5. The van der Waals surface area contributed by atoms with Crippen molar-refractivity contribution in [2.75, 3.05) is 16.8 Å². The van der Waals surface area contributed by atoms with Crippen molar-refractivity contribution in [2.45, 2.75) is 23.5 Å². The highest BCUT2D eigenvalue weighted by atomic mass is 32.2. The Morgan fingerprint density at radius 3 is 2.48 bits per heavy atom. The van der Waals surface area contributed by atoms with Gasteiger partial charge in [-0.25, -0.2) is 8.42 Å². The Morgan fingerprint density at radius 1 is 1.15 bits per heavy atom. The smallest absolute Gasteiger partial charge is 0.316 e. The summed E-state index contributed by atoms with van der Waals surface area (Å²) in [6.07, 6.45) is 0.693. The standard InChI is InChI=1S/C19H17N3O4S/c1-13(12-20)27(25,26)16-8-6-15(7-9-16)21-18(23)19(24)22-11-10-14-4-2-3-5-17(14)22/h2-9,13H,10-11H2,1H3,(H,21,23). The second-order valence-electron chi connectivity index (χ2n) is 6.13. The van der Waals surface area contributed by atoms with Crippen LogP contribution in [-0.2, 0) is 25.8 Å². The van der Waals surface area contributed by atoms with E-state index < -0.39 is 26.9 Å². The fourth-order valence-electron chi connectivity index (χ4n) is 2.86. The molecule has 0 saturated heterocycles. The van der Waals surface area contributed by atoms with E-state index in [2.05, 4.69) is 5.32 Å². The van der Waals surface area contributed by atoms with E-state index >= 15 is 0 Å². The van der Waals surface area contributed by atoms with Gasteiger partial charge >= 0.3 is 11.8 Å². The lowest BCUT2D eigenvalue weighted by Gasteiger charge is -2.16. The van der Waals surface area contributed by atoms with Gasteiger partial charge in [-0.05, 0) is 49.2 Å². The third-order valence-electron chi connectivity index (χ3n) is 4.41. The third-order valence-corrected chi connectivity index (χ3v) is 6.38. The average molecular weight is 383 g/mol. The third kappa shape index (κ3) is 3.55. The number of amides is 2. The Morgan fingerprint density at radius 2 is 1.81 bits per heavy atom. The van der Waals surface area contributed by atoms with Crippen molar-refractivity contribution in [3.63, 3.8) is 0 Å². The maximum absolute atomic E-state index is 12.4. The number of sulfone groups is 1. The molecule has 3 rings (SSSR count). The number of anilines is 2. The van der Waals surface area contributed by atoms with Crippen LogP contribution in [0, 0.1) is 11.3 Å². The lowest BCUT2D eigenvalue weighted by atomic mass is 10.2. The molecule has 1 aliphatic rings. The number of carbonyl (C=O) groups is 2. The number of para-hydroxylation sites is 1. The van der Waals surface area contributed by atoms with Crippen LogP contribution in [0.4, 0.5) is 11.4 Å². The van der Waals surface area contributed by atoms with E-state index in [1.807, 2.05) is 18.2 Å². The van der Waals surface area contributed by atoms with Crippen LogP contribution in [-0.4, -0.2) is 32.0 Å². The largest absolute Gasteiger partial charge is 0.318 e. The first-order valence-corrected chi connectivity index (χ1v) is 9.83. The van der Waals surface area contributed by atoms with Crippen molar-refractivity contribution >= 4 is 33.0 Å². The van der Waals surface area contributed by atoms with Crippen LogP contribution in [0.1, 0.15) is 12.5 Å². The SMILES string of the molecule is CC(C#N)S(=O)(=O)c1ccc(NC(=O)C(=O)N2CCc3ccccc32)cc1. The minimum absolute atomic E-state index is 0.0191. The number of nitriles is 1. The second kappa shape index (κ2) is 7.21. The summed E-state index contributed by atoms with van der Waals surface area (Å²) in [5.74, 6) is -1.47. The minimum atomic E-state index is -3.75. The molecule has 0 bridgehead atoms. The Hall–Kier alpha value is -3.18. The first-order chi connectivity index (χ1) is 12.8. The summed E-state index contributed by atoms with van der Waals surface area (Å²) in [7, 11) is -3.75. The number of hydrogen-bond acceptors (Lipinski definition) is 5. The van der Waals surface area contributed by atoms with Gasteiger partial charge in [-0.3, -0.25) is 9.59 Å². The van der Waals surface area contributed by atoms with Gasteiger partial charge in [-0.2, -0.15) is 5.26 Å². The predicted molar refractivity (Wildman–Crippen MR) is 99.8 cm³/mol. The molecule has 1 N–H and O–H groups in total. The van der Waals surface area contributed by atoms with Crippen LogP contribution >= 0.6 is 0 Å². The van der Waals surface area contributed by atoms with Gasteiger partial charge in [0.05, 0.1) is 11.0 Å². The monoisotopic (exact) mass is 383 g/mol. The maximum atomic E-state index is 12.4. The molecule has 7 nitrogen and oxygen atoms in total. The number of rotatable bonds is 3. The molecule has 0 spiro atoms. The zero-order chi connectivity index (χ0) is 19.6. The van der Waals surface area contributed by atoms with Crippen molar-refractivity contribution < 1.29 is 18.0 Å². The van der Waals surface area contributed by atoms with Crippen LogP contribution in [0.15, 0.2) is 53.4 Å². The van der Waals surface area contributed by atoms with Crippen LogP contribution < -0.4 is 10.2 Å². The Kier molecular flexibility index (Phi) is 4.97. The molecule has 0 aliphatic carbocycles. The van der Waals surface area contributed by atoms with E-state index in [4.69, 9.17) is 5.26 Å². The highest BCUT2D eigenvalue weighted by Gasteiger charge is 2.29. The molecule has 138 valence electrons. The highest BCUT2D eigenvalue weighted by Crippen LogP contribution is 2.27. The van der Waals surface area contributed by atoms with Gasteiger partial charge in [0.15, 0.2) is 9.84 Å². The van der Waals surface area contributed by atoms with E-state index in [-0.39, 0.29) is 4.90 Å². The summed E-state index contributed by atoms with van der Waals surface area (Å²) in [6, 6.07) is 14.5. The molecule has 1 unspecified atom stereocenters. The number of hydrogen-bond donors (Lipinski definition) is 1. The summed E-state index contributed by atoms with van der Waals surface area (Å²) >= 11 is 0. The first kappa shape index (κ1) is 18.6. The summed E-state index contributed by atoms with van der Waals surface area (Å²) < 4.78 is 24.3. The number of nitrogens with one attached hydrogen (secondary N) is 1. The van der Waals surface area contributed by atoms with Gasteiger partial charge in [-0.15, -0.1) is 0 Å². The highest BCUT2D eigenvalue weighted by molar-refractivity contribution is 7.92. The molecule has 2 amide bonds. The summed E-state index contributed by atoms with van der Waals surface area (Å²) in [6.45, 7) is 1.74. The lowest BCUT2D eigenvalue weighted by molar-refractivity contribution is -0.134. The van der Waals surface area contributed by atoms with Gasteiger partial charge in [-0.1, -0.05) is 18.2 Å². The molecule has 27 heavy (non-hydrogen) atoms. The molecule has 0 saturated carbocycles. The van der Waals surface area contributed by atoms with Crippen LogP contribution in [0.25, 0.3) is 0 Å². The summed E-state index contributed by atoms with van der Waals surface area (Å²) in [4.78, 5) is 26.1. The molecular weight excluding hydrogens is 366 g/mol. The van der Waals surface area contributed by atoms with E-state index in [0.29, 0.717) is 18.7 Å². The van der Waals surface area contributed by atoms with Gasteiger partial charge in [0.25, 0.3) is 0 Å². The molecule has 2 aromatic rings. The molecule has 1 atom stereocenters. The number of nitrogens with zero attached hydrogens (tertiary/aromatic N) is 2. The first-order valence-electron chi connectivity index (χ1n) is 8.29. The normalized spacial score (nSPS) is 14.1. The fourth-order valence-corrected chi connectivity index (χ4v) is 3.92. The van der Waals surface area contributed by atoms with Crippen molar-refractivity contribution in [1.82, 2.24) is 0 Å². The number of benzene rings is 2. The van der Waals surface area contributed by atoms with Crippen molar-refractivity contribution in [1.29, 1.82) is 5.26 Å². The van der Waals surface area contributed by atoms with Crippen LogP contribution in [0.3, 0.4) is 0 Å². The Balaban J connectivity index is 1.72. The van der Waals surface area contributed by atoms with Gasteiger partial charge in [0.2, 0.25) is 0 Å². The van der Waals surface area contributed by atoms with E-state index in [0.717, 1.165) is 11.3 Å². The Bertz CT molecular complexity index is 1040. The molecule has 0 aromatic heterocycles. The van der Waals surface area contributed by atoms with Gasteiger partial charge in [0, 0.05) is 17.9 Å². The fraction of sp³-hybridized carbons (Fsp3) is 0.211. The molecule has 2 aromatic carbocycles. The Labute approximate surface area is 157 Å². The number of fused-ring (bicyclic) bond motifs is 1. The molecule has 1 heterocycles. The zero-order valence-corrected chi connectivity index (χ0v) is 15.4. The lowest BCUT2D eigenvalue weighted by Crippen LogP contribution is -2.38. The summed E-state index contributed by atoms with van der Waals surface area (Å²) in [5.41, 5.74) is 2.04. The predicted octanol–water partition coefficient (Wildman–Crippen LogP) is 1.90. The van der Waals surface area contributed by atoms with Crippen molar-refractivity contribution in [3.05, 3.63) is 54.1 Å². The van der Waals surface area contributed by atoms with Crippen LogP contribution in [0.5, 0.6) is 0 Å². The molecule has 1 aliphatic heterocycles. The molecule has 0 radical (unpaired) electrons. The molecular formula is C19H17N3O4S. The maximum Gasteiger partial charge on any atom is 0.316 e. The van der Waals surface area contributed by atoms with Crippen LogP contribution in [0.2, 0.25) is 0 Å². The van der Waals surface area contributed by atoms with Gasteiger partial charge in [0.1, 0.15) is 5.25 Å².